The molecule has 3 N–H and O–H groups in total. The summed E-state index contributed by atoms with van der Waals surface area (Å²) >= 11 is 0. The van der Waals surface area contributed by atoms with Gasteiger partial charge in [0.1, 0.15) is 11.5 Å². The molecule has 4 rings (SSSR count). The zero-order valence-electron chi connectivity index (χ0n) is 18.6. The van der Waals surface area contributed by atoms with Gasteiger partial charge in [-0.1, -0.05) is 39.0 Å². The first kappa shape index (κ1) is 23.4. The first-order chi connectivity index (χ1) is 15.9. The van der Waals surface area contributed by atoms with Crippen LogP contribution < -0.4 is 10.2 Å². The Kier molecular flexibility index (Phi) is 5.68. The van der Waals surface area contributed by atoms with Gasteiger partial charge in [0.15, 0.2) is 5.49 Å². The van der Waals surface area contributed by atoms with E-state index in [1.807, 2.05) is 20.8 Å². The van der Waals surface area contributed by atoms with Gasteiger partial charge in [-0.15, -0.1) is 0 Å². The lowest BCUT2D eigenvalue weighted by Crippen LogP contribution is -2.18. The predicted octanol–water partition coefficient (Wildman–Crippen LogP) is 4.58. The second-order valence-electron chi connectivity index (χ2n) is 8.79. The van der Waals surface area contributed by atoms with Gasteiger partial charge in [-0.25, -0.2) is 21.9 Å². The van der Waals surface area contributed by atoms with Crippen molar-refractivity contribution in [3.63, 3.8) is 0 Å². The highest BCUT2D eigenvalue weighted by Crippen LogP contribution is 2.30. The standard InChI is InChI=1S/C23H23F2N5O3S/c1-23(2,3)14-7-9-15(10-8-14)34(32,33)28-21-13-17(22(24)25)27-29(21)18-5-4-6-19-16(18)11-12-20(26)30(19)31/h4-13,22,26,28,31H,1-3H3. The number of fused-ring (bicyclic) bond motifs is 1. The fourth-order valence-electron chi connectivity index (χ4n) is 3.54. The van der Waals surface area contributed by atoms with Crippen LogP contribution in [0.1, 0.15) is 38.5 Å². The number of alkyl halides is 2. The summed E-state index contributed by atoms with van der Waals surface area (Å²) in [5.74, 6) is -0.192. The summed E-state index contributed by atoms with van der Waals surface area (Å²) in [4.78, 5) is -0.0307. The van der Waals surface area contributed by atoms with Crippen LogP contribution in [-0.2, 0) is 15.4 Å². The summed E-state index contributed by atoms with van der Waals surface area (Å²) in [7, 11) is -4.13. The molecule has 11 heteroatoms. The van der Waals surface area contributed by atoms with Gasteiger partial charge in [-0.05, 0) is 47.4 Å². The van der Waals surface area contributed by atoms with Crippen molar-refractivity contribution >= 4 is 26.7 Å². The van der Waals surface area contributed by atoms with Gasteiger partial charge < -0.3 is 5.21 Å². The number of sulfonamides is 1. The highest BCUT2D eigenvalue weighted by Gasteiger charge is 2.23. The van der Waals surface area contributed by atoms with Crippen LogP contribution in [0.15, 0.2) is 65.6 Å². The lowest BCUT2D eigenvalue weighted by molar-refractivity contribution is 0.145. The average molecular weight is 488 g/mol. The molecule has 0 aliphatic heterocycles. The van der Waals surface area contributed by atoms with Crippen LogP contribution in [0.25, 0.3) is 16.6 Å². The van der Waals surface area contributed by atoms with Gasteiger partial charge in [0.05, 0.1) is 16.1 Å². The van der Waals surface area contributed by atoms with E-state index >= 15 is 0 Å². The quantitative estimate of drug-likeness (QED) is 0.358. The molecule has 2 heterocycles. The zero-order valence-corrected chi connectivity index (χ0v) is 19.4. The summed E-state index contributed by atoms with van der Waals surface area (Å²) in [6.45, 7) is 6.01. The molecule has 0 aliphatic rings. The van der Waals surface area contributed by atoms with Crippen molar-refractivity contribution in [3.8, 4) is 5.69 Å². The monoisotopic (exact) mass is 487 g/mol. The summed E-state index contributed by atoms with van der Waals surface area (Å²) in [6, 6.07) is 14.8. The molecule has 34 heavy (non-hydrogen) atoms. The maximum Gasteiger partial charge on any atom is 0.282 e. The lowest BCUT2D eigenvalue weighted by Gasteiger charge is -2.19. The van der Waals surface area contributed by atoms with Crippen LogP contribution >= 0.6 is 0 Å². The van der Waals surface area contributed by atoms with E-state index in [2.05, 4.69) is 9.82 Å². The molecule has 8 nitrogen and oxygen atoms in total. The van der Waals surface area contributed by atoms with Crippen molar-refractivity contribution in [2.24, 2.45) is 0 Å². The van der Waals surface area contributed by atoms with E-state index in [1.165, 1.54) is 36.4 Å². The normalized spacial score (nSPS) is 12.4. The number of benzene rings is 2. The predicted molar refractivity (Wildman–Crippen MR) is 123 cm³/mol. The minimum atomic E-state index is -4.13. The summed E-state index contributed by atoms with van der Waals surface area (Å²) in [5, 5.41) is 22.2. The number of hydrogen-bond acceptors (Lipinski definition) is 5. The number of nitrogens with one attached hydrogen (secondary N) is 2. The second kappa shape index (κ2) is 8.24. The number of pyridine rings is 1. The largest absolute Gasteiger partial charge is 0.426 e. The highest BCUT2D eigenvalue weighted by atomic mass is 32.2. The molecule has 0 atom stereocenters. The first-order valence-electron chi connectivity index (χ1n) is 10.3. The molecule has 0 fully saturated rings. The molecule has 2 aromatic carbocycles. The molecule has 0 bridgehead atoms. The van der Waals surface area contributed by atoms with E-state index in [0.29, 0.717) is 10.1 Å². The molecule has 0 saturated heterocycles. The van der Waals surface area contributed by atoms with Crippen molar-refractivity contribution in [1.29, 1.82) is 5.41 Å². The summed E-state index contributed by atoms with van der Waals surface area (Å²) in [6.07, 6.45) is -2.94. The average Bonchev–Trinajstić information content (AvgIpc) is 3.19. The Balaban J connectivity index is 1.83. The number of anilines is 1. The topological polar surface area (TPSA) is 113 Å². The smallest absolute Gasteiger partial charge is 0.282 e. The van der Waals surface area contributed by atoms with Crippen molar-refractivity contribution in [1.82, 2.24) is 14.5 Å². The van der Waals surface area contributed by atoms with E-state index in [1.54, 1.807) is 18.2 Å². The maximum absolute atomic E-state index is 13.5. The third-order valence-corrected chi connectivity index (χ3v) is 6.74. The summed E-state index contributed by atoms with van der Waals surface area (Å²) < 4.78 is 57.2. The van der Waals surface area contributed by atoms with Crippen LogP contribution in [0.2, 0.25) is 0 Å². The van der Waals surface area contributed by atoms with E-state index in [-0.39, 0.29) is 32.8 Å². The third-order valence-electron chi connectivity index (χ3n) is 5.37. The number of hydrogen-bond donors (Lipinski definition) is 3. The minimum Gasteiger partial charge on any atom is -0.426 e. The number of aromatic nitrogens is 3. The second-order valence-corrected chi connectivity index (χ2v) is 10.5. The van der Waals surface area contributed by atoms with Gasteiger partial charge in [0.25, 0.3) is 16.4 Å². The van der Waals surface area contributed by atoms with Crippen molar-refractivity contribution < 1.29 is 22.4 Å². The van der Waals surface area contributed by atoms with Gasteiger partial charge in [0.2, 0.25) is 0 Å². The Labute approximate surface area is 194 Å². The van der Waals surface area contributed by atoms with Crippen LogP contribution in [-0.4, -0.2) is 28.1 Å². The van der Waals surface area contributed by atoms with Gasteiger partial charge >= 0.3 is 0 Å². The molecule has 0 radical (unpaired) electrons. The van der Waals surface area contributed by atoms with Crippen LogP contribution in [0.3, 0.4) is 0 Å². The molecule has 0 unspecified atom stereocenters. The Bertz CT molecular complexity index is 1540. The Morgan fingerprint density at radius 2 is 1.74 bits per heavy atom. The fraction of sp³-hybridized carbons (Fsp3) is 0.217. The maximum atomic E-state index is 13.5. The first-order valence-corrected chi connectivity index (χ1v) is 11.8. The Hall–Kier alpha value is -3.73. The third kappa shape index (κ3) is 4.26. The molecular weight excluding hydrogens is 464 g/mol. The SMILES string of the molecule is CC(C)(C)c1ccc(S(=O)(=O)Nc2cc(C(F)F)nn2-c2cccc3c2ccc(=N)n3O)cc1. The molecule has 178 valence electrons. The van der Waals surface area contributed by atoms with Crippen LogP contribution in [0.5, 0.6) is 0 Å². The Morgan fingerprint density at radius 1 is 1.06 bits per heavy atom. The Morgan fingerprint density at radius 3 is 2.35 bits per heavy atom. The van der Waals surface area contributed by atoms with Crippen molar-refractivity contribution in [2.75, 3.05) is 4.72 Å². The highest BCUT2D eigenvalue weighted by molar-refractivity contribution is 7.92. The van der Waals surface area contributed by atoms with Crippen molar-refractivity contribution in [3.05, 3.63) is 77.4 Å². The molecule has 4 aromatic rings. The fourth-order valence-corrected chi connectivity index (χ4v) is 4.57. The number of rotatable bonds is 5. The van der Waals surface area contributed by atoms with E-state index < -0.39 is 22.1 Å². The van der Waals surface area contributed by atoms with Crippen molar-refractivity contribution in [2.45, 2.75) is 37.5 Å². The van der Waals surface area contributed by atoms with Gasteiger partial charge in [-0.3, -0.25) is 10.1 Å². The van der Waals surface area contributed by atoms with Gasteiger partial charge in [0, 0.05) is 11.5 Å². The molecule has 0 spiro atoms. The molecule has 0 amide bonds. The zero-order chi connectivity index (χ0) is 24.8. The number of halogens is 2. The van der Waals surface area contributed by atoms with E-state index in [9.17, 15) is 22.4 Å². The molecule has 2 aromatic heterocycles. The summed E-state index contributed by atoms with van der Waals surface area (Å²) in [5.41, 5.74) is 0.443. The molecule has 0 aliphatic carbocycles. The minimum absolute atomic E-state index is 0.0307. The van der Waals surface area contributed by atoms with Crippen LogP contribution in [0, 0.1) is 5.41 Å². The molecular formula is C23H23F2N5O3S. The molecule has 0 saturated carbocycles. The lowest BCUT2D eigenvalue weighted by atomic mass is 9.87. The van der Waals surface area contributed by atoms with E-state index in [4.69, 9.17) is 5.41 Å². The number of nitrogens with zero attached hydrogens (tertiary/aromatic N) is 3. The van der Waals surface area contributed by atoms with Crippen LogP contribution in [0.4, 0.5) is 14.6 Å². The van der Waals surface area contributed by atoms with Gasteiger partial charge in [-0.2, -0.15) is 9.83 Å². The van der Waals surface area contributed by atoms with E-state index in [0.717, 1.165) is 16.3 Å².